The molecule has 21 heavy (non-hydrogen) atoms. The zero-order chi connectivity index (χ0) is 14.5. The van der Waals surface area contributed by atoms with Crippen LogP contribution in [0.1, 0.15) is 51.0 Å². The highest BCUT2D eigenvalue weighted by atomic mass is 15.2. The molecule has 2 aliphatic rings. The van der Waals surface area contributed by atoms with Crippen LogP contribution in [0, 0.1) is 5.92 Å². The lowest BCUT2D eigenvalue weighted by Crippen LogP contribution is -2.49. The molecule has 1 aromatic rings. The summed E-state index contributed by atoms with van der Waals surface area (Å²) >= 11 is 0. The minimum Gasteiger partial charge on any atom is -0.310 e. The fourth-order valence-corrected chi connectivity index (χ4v) is 4.14. The number of likely N-dealkylation sites (tertiary alicyclic amines) is 1. The van der Waals surface area contributed by atoms with Crippen LogP contribution in [-0.2, 0) is 6.54 Å². The van der Waals surface area contributed by atoms with Gasteiger partial charge in [0.15, 0.2) is 0 Å². The number of hydrogen-bond acceptors (Lipinski definition) is 2. The molecule has 0 amide bonds. The number of benzene rings is 1. The van der Waals surface area contributed by atoms with Crippen LogP contribution < -0.4 is 5.32 Å². The monoisotopic (exact) mass is 286 g/mol. The van der Waals surface area contributed by atoms with Crippen LogP contribution >= 0.6 is 0 Å². The molecule has 1 aliphatic heterocycles. The van der Waals surface area contributed by atoms with E-state index in [1.807, 2.05) is 0 Å². The van der Waals surface area contributed by atoms with Crippen molar-refractivity contribution in [3.05, 3.63) is 35.9 Å². The molecule has 3 rings (SSSR count). The molecule has 1 aromatic carbocycles. The topological polar surface area (TPSA) is 15.3 Å². The maximum Gasteiger partial charge on any atom is 0.0234 e. The van der Waals surface area contributed by atoms with Gasteiger partial charge in [0, 0.05) is 25.2 Å². The molecule has 0 aromatic heterocycles. The summed E-state index contributed by atoms with van der Waals surface area (Å²) in [4.78, 5) is 2.62. The zero-order valence-electron chi connectivity index (χ0n) is 13.4. The van der Waals surface area contributed by atoms with Crippen LogP contribution in [0.2, 0.25) is 0 Å². The summed E-state index contributed by atoms with van der Waals surface area (Å²) in [5.74, 6) is 0.925. The van der Waals surface area contributed by atoms with E-state index in [2.05, 4.69) is 47.5 Å². The van der Waals surface area contributed by atoms with Gasteiger partial charge in [-0.1, -0.05) is 43.2 Å². The average molecular weight is 286 g/mol. The van der Waals surface area contributed by atoms with Crippen molar-refractivity contribution in [1.29, 1.82) is 0 Å². The van der Waals surface area contributed by atoms with E-state index >= 15 is 0 Å². The zero-order valence-corrected chi connectivity index (χ0v) is 13.4. The molecule has 0 radical (unpaired) electrons. The summed E-state index contributed by atoms with van der Waals surface area (Å²) < 4.78 is 0. The Morgan fingerprint density at radius 2 is 1.86 bits per heavy atom. The van der Waals surface area contributed by atoms with Gasteiger partial charge in [0.2, 0.25) is 0 Å². The highest BCUT2D eigenvalue weighted by Crippen LogP contribution is 2.28. The molecule has 0 spiro atoms. The summed E-state index contributed by atoms with van der Waals surface area (Å²) in [6.07, 6.45) is 8.45. The van der Waals surface area contributed by atoms with E-state index in [1.54, 1.807) is 0 Å². The van der Waals surface area contributed by atoms with Crippen molar-refractivity contribution in [2.24, 2.45) is 5.92 Å². The third-order valence-corrected chi connectivity index (χ3v) is 5.36. The van der Waals surface area contributed by atoms with Gasteiger partial charge < -0.3 is 5.32 Å². The third-order valence-electron chi connectivity index (χ3n) is 5.36. The lowest BCUT2D eigenvalue weighted by Gasteiger charge is -2.36. The molecule has 1 N–H and O–H groups in total. The average Bonchev–Trinajstić information content (AvgIpc) is 3.03. The normalized spacial score (nSPS) is 26.0. The number of piperidine rings is 1. The number of hydrogen-bond donors (Lipinski definition) is 1. The lowest BCUT2D eigenvalue weighted by molar-refractivity contribution is 0.169. The van der Waals surface area contributed by atoms with Crippen molar-refractivity contribution >= 4 is 0 Å². The second kappa shape index (κ2) is 7.42. The standard InChI is InChI=1S/C19H30N2/c1-16(18-10-5-6-11-18)20-19-12-7-13-21(15-19)14-17-8-3-2-4-9-17/h2-4,8-9,16,18-20H,5-7,10-15H2,1H3. The molecule has 116 valence electrons. The molecule has 1 saturated carbocycles. The van der Waals surface area contributed by atoms with Gasteiger partial charge in [-0.05, 0) is 50.6 Å². The van der Waals surface area contributed by atoms with Gasteiger partial charge in [0.1, 0.15) is 0 Å². The Hall–Kier alpha value is -0.860. The van der Waals surface area contributed by atoms with Crippen molar-refractivity contribution in [2.45, 2.75) is 64.1 Å². The van der Waals surface area contributed by atoms with Crippen molar-refractivity contribution in [3.63, 3.8) is 0 Å². The van der Waals surface area contributed by atoms with Crippen molar-refractivity contribution in [3.8, 4) is 0 Å². The third kappa shape index (κ3) is 4.31. The van der Waals surface area contributed by atoms with Gasteiger partial charge in [-0.2, -0.15) is 0 Å². The van der Waals surface area contributed by atoms with Gasteiger partial charge >= 0.3 is 0 Å². The van der Waals surface area contributed by atoms with Crippen molar-refractivity contribution in [1.82, 2.24) is 10.2 Å². The second-order valence-corrected chi connectivity index (χ2v) is 7.06. The molecule has 2 unspecified atom stereocenters. The predicted octanol–water partition coefficient (Wildman–Crippen LogP) is 3.82. The Balaban J connectivity index is 1.48. The van der Waals surface area contributed by atoms with Crippen molar-refractivity contribution in [2.75, 3.05) is 13.1 Å². The highest BCUT2D eigenvalue weighted by Gasteiger charge is 2.26. The summed E-state index contributed by atoms with van der Waals surface area (Å²) in [7, 11) is 0. The minimum absolute atomic E-state index is 0.693. The Bertz CT molecular complexity index is 411. The Morgan fingerprint density at radius 1 is 1.10 bits per heavy atom. The molecule has 1 saturated heterocycles. The number of rotatable bonds is 5. The first kappa shape index (κ1) is 15.1. The summed E-state index contributed by atoms with van der Waals surface area (Å²) in [5.41, 5.74) is 1.45. The molecular weight excluding hydrogens is 256 g/mol. The Labute approximate surface area is 129 Å². The summed E-state index contributed by atoms with van der Waals surface area (Å²) in [6.45, 7) is 5.99. The van der Waals surface area contributed by atoms with Crippen LogP contribution in [0.3, 0.4) is 0 Å². The van der Waals surface area contributed by atoms with Crippen LogP contribution in [0.15, 0.2) is 30.3 Å². The molecule has 2 nitrogen and oxygen atoms in total. The summed E-state index contributed by atoms with van der Waals surface area (Å²) in [6, 6.07) is 12.3. The van der Waals surface area contributed by atoms with E-state index in [4.69, 9.17) is 0 Å². The van der Waals surface area contributed by atoms with Crippen LogP contribution in [-0.4, -0.2) is 30.1 Å². The predicted molar refractivity (Wildman–Crippen MR) is 89.3 cm³/mol. The van der Waals surface area contributed by atoms with E-state index < -0.39 is 0 Å². The van der Waals surface area contributed by atoms with Gasteiger partial charge in [0.05, 0.1) is 0 Å². The quantitative estimate of drug-likeness (QED) is 0.885. The SMILES string of the molecule is CC(NC1CCCN(Cc2ccccc2)C1)C1CCCC1. The molecule has 2 fully saturated rings. The fourth-order valence-electron chi connectivity index (χ4n) is 4.14. The first-order chi connectivity index (χ1) is 10.3. The highest BCUT2D eigenvalue weighted by molar-refractivity contribution is 5.14. The molecular formula is C19H30N2. The summed E-state index contributed by atoms with van der Waals surface area (Å²) in [5, 5.41) is 3.93. The smallest absolute Gasteiger partial charge is 0.0234 e. The number of nitrogens with one attached hydrogen (secondary N) is 1. The van der Waals surface area contributed by atoms with Gasteiger partial charge in [0.25, 0.3) is 0 Å². The van der Waals surface area contributed by atoms with E-state index in [-0.39, 0.29) is 0 Å². The molecule has 1 heterocycles. The van der Waals surface area contributed by atoms with E-state index in [1.165, 1.54) is 57.2 Å². The van der Waals surface area contributed by atoms with Crippen LogP contribution in [0.4, 0.5) is 0 Å². The first-order valence-corrected chi connectivity index (χ1v) is 8.83. The molecule has 2 atom stereocenters. The largest absolute Gasteiger partial charge is 0.310 e. The lowest BCUT2D eigenvalue weighted by atomic mass is 9.97. The maximum absolute atomic E-state index is 3.93. The molecule has 0 bridgehead atoms. The fraction of sp³-hybridized carbons (Fsp3) is 0.684. The van der Waals surface area contributed by atoms with Gasteiger partial charge in [-0.25, -0.2) is 0 Å². The second-order valence-electron chi connectivity index (χ2n) is 7.06. The van der Waals surface area contributed by atoms with Gasteiger partial charge in [-0.3, -0.25) is 4.90 Å². The van der Waals surface area contributed by atoms with Crippen LogP contribution in [0.25, 0.3) is 0 Å². The van der Waals surface area contributed by atoms with Crippen LogP contribution in [0.5, 0.6) is 0 Å². The first-order valence-electron chi connectivity index (χ1n) is 8.83. The minimum atomic E-state index is 0.693. The van der Waals surface area contributed by atoms with E-state index in [9.17, 15) is 0 Å². The Morgan fingerprint density at radius 3 is 2.62 bits per heavy atom. The van der Waals surface area contributed by atoms with E-state index in [0.29, 0.717) is 12.1 Å². The Kier molecular flexibility index (Phi) is 5.32. The maximum atomic E-state index is 3.93. The van der Waals surface area contributed by atoms with E-state index in [0.717, 1.165) is 12.5 Å². The van der Waals surface area contributed by atoms with Crippen molar-refractivity contribution < 1.29 is 0 Å². The molecule has 1 aliphatic carbocycles. The molecule has 2 heteroatoms. The van der Waals surface area contributed by atoms with Gasteiger partial charge in [-0.15, -0.1) is 0 Å². The number of nitrogens with zero attached hydrogens (tertiary/aromatic N) is 1.